The number of aliphatic carboxylic acids is 1. The molecule has 1 amide bonds. The number of nitrogens with one attached hydrogen (secondary N) is 1. The van der Waals surface area contributed by atoms with Gasteiger partial charge in [0, 0.05) is 30.2 Å². The number of hydrogen-bond acceptors (Lipinski definition) is 2. The van der Waals surface area contributed by atoms with Gasteiger partial charge in [0.25, 0.3) is 5.91 Å². The van der Waals surface area contributed by atoms with Crippen LogP contribution >= 0.6 is 0 Å². The van der Waals surface area contributed by atoms with E-state index >= 15 is 0 Å². The summed E-state index contributed by atoms with van der Waals surface area (Å²) in [6, 6.07) is 10.9. The molecule has 1 heterocycles. The number of carboxylic acid groups (broad SMARTS) is 1. The normalized spacial score (nSPS) is 18.5. The van der Waals surface area contributed by atoms with Crippen LogP contribution in [0.25, 0.3) is 10.9 Å². The van der Waals surface area contributed by atoms with Crippen LogP contribution < -0.4 is 5.32 Å². The molecule has 1 aliphatic carbocycles. The van der Waals surface area contributed by atoms with Crippen molar-refractivity contribution in [2.24, 2.45) is 11.8 Å². The van der Waals surface area contributed by atoms with Gasteiger partial charge in [0.2, 0.25) is 0 Å². The number of nitrogens with zero attached hydrogens (tertiary/aromatic N) is 1. The molecule has 1 saturated carbocycles. The van der Waals surface area contributed by atoms with Crippen LogP contribution in [0.2, 0.25) is 0 Å². The standard InChI is InChI=1S/C27H29F3N2O3/c1-2-32-16-22(25(33)31-15-18-6-10-19(11-7-18)26(34)35)24-20(4-3-5-23(24)32)14-17-8-12-21(13-9-17)27(28,29)30/h3-5,8-9,12-13,16,18-19H,2,6-7,10-11,14-15H2,1H3,(H,31,33)(H,34,35)/t18-,19-. The van der Waals surface area contributed by atoms with Crippen molar-refractivity contribution in [3.05, 3.63) is 70.9 Å². The summed E-state index contributed by atoms with van der Waals surface area (Å²) in [4.78, 5) is 24.4. The lowest BCUT2D eigenvalue weighted by Crippen LogP contribution is -2.32. The largest absolute Gasteiger partial charge is 0.481 e. The molecule has 4 rings (SSSR count). The molecule has 0 spiro atoms. The number of aromatic nitrogens is 1. The Morgan fingerprint density at radius 2 is 1.74 bits per heavy atom. The number of carbonyl (C=O) groups excluding carboxylic acids is 1. The summed E-state index contributed by atoms with van der Waals surface area (Å²) in [5.41, 5.74) is 2.37. The van der Waals surface area contributed by atoms with E-state index in [0.29, 0.717) is 37.9 Å². The average molecular weight is 487 g/mol. The van der Waals surface area contributed by atoms with Crippen LogP contribution in [0.3, 0.4) is 0 Å². The van der Waals surface area contributed by atoms with E-state index < -0.39 is 17.7 Å². The molecule has 8 heteroatoms. The van der Waals surface area contributed by atoms with Crippen molar-refractivity contribution in [3.8, 4) is 0 Å². The Kier molecular flexibility index (Phi) is 7.19. The molecular formula is C27H29F3N2O3. The van der Waals surface area contributed by atoms with Crippen LogP contribution in [0.15, 0.2) is 48.7 Å². The average Bonchev–Trinajstić information content (AvgIpc) is 3.22. The summed E-state index contributed by atoms with van der Waals surface area (Å²) in [5.74, 6) is -0.985. The minimum Gasteiger partial charge on any atom is -0.481 e. The highest BCUT2D eigenvalue weighted by atomic mass is 19.4. The van der Waals surface area contributed by atoms with Gasteiger partial charge in [0.1, 0.15) is 0 Å². The molecule has 0 bridgehead atoms. The van der Waals surface area contributed by atoms with Crippen molar-refractivity contribution in [1.82, 2.24) is 9.88 Å². The maximum Gasteiger partial charge on any atom is 0.416 e. The molecule has 3 aromatic rings. The fourth-order valence-electron chi connectivity index (χ4n) is 4.99. The lowest BCUT2D eigenvalue weighted by molar-refractivity contribution is -0.143. The highest BCUT2D eigenvalue weighted by Gasteiger charge is 2.30. The molecule has 0 atom stereocenters. The van der Waals surface area contributed by atoms with E-state index in [2.05, 4.69) is 5.32 Å². The van der Waals surface area contributed by atoms with Gasteiger partial charge < -0.3 is 15.0 Å². The molecule has 1 fully saturated rings. The first-order valence-corrected chi connectivity index (χ1v) is 11.9. The number of amides is 1. The molecule has 0 saturated heterocycles. The number of halogens is 3. The van der Waals surface area contributed by atoms with Crippen LogP contribution in [0.4, 0.5) is 13.2 Å². The third-order valence-corrected chi connectivity index (χ3v) is 7.00. The number of hydrogen-bond donors (Lipinski definition) is 2. The van der Waals surface area contributed by atoms with Crippen molar-refractivity contribution >= 4 is 22.8 Å². The second-order valence-corrected chi connectivity index (χ2v) is 9.28. The number of carbonyl (C=O) groups is 2. The van der Waals surface area contributed by atoms with Crippen LogP contribution in [0.5, 0.6) is 0 Å². The highest BCUT2D eigenvalue weighted by Crippen LogP contribution is 2.32. The summed E-state index contributed by atoms with van der Waals surface area (Å²) in [6.07, 6.45) is 0.653. The summed E-state index contributed by atoms with van der Waals surface area (Å²) in [6.45, 7) is 3.16. The molecule has 2 N–H and O–H groups in total. The van der Waals surface area contributed by atoms with Gasteiger partial charge in [0.15, 0.2) is 0 Å². The Balaban J connectivity index is 1.54. The van der Waals surface area contributed by atoms with Gasteiger partial charge in [-0.05, 0) is 74.3 Å². The zero-order chi connectivity index (χ0) is 25.2. The van der Waals surface area contributed by atoms with Gasteiger partial charge in [-0.3, -0.25) is 9.59 Å². The van der Waals surface area contributed by atoms with Crippen LogP contribution in [-0.4, -0.2) is 28.1 Å². The summed E-state index contributed by atoms with van der Waals surface area (Å²) in [7, 11) is 0. The smallest absolute Gasteiger partial charge is 0.416 e. The molecule has 1 aromatic heterocycles. The molecule has 0 aliphatic heterocycles. The number of alkyl halides is 3. The zero-order valence-corrected chi connectivity index (χ0v) is 19.6. The first-order valence-electron chi connectivity index (χ1n) is 11.9. The molecule has 0 unspecified atom stereocenters. The van der Waals surface area contributed by atoms with Crippen molar-refractivity contribution < 1.29 is 27.9 Å². The second-order valence-electron chi connectivity index (χ2n) is 9.28. The minimum absolute atomic E-state index is 0.192. The fourth-order valence-corrected chi connectivity index (χ4v) is 4.99. The van der Waals surface area contributed by atoms with Gasteiger partial charge in [0.05, 0.1) is 17.0 Å². The van der Waals surface area contributed by atoms with Crippen molar-refractivity contribution in [3.63, 3.8) is 0 Å². The Morgan fingerprint density at radius 1 is 1.06 bits per heavy atom. The molecule has 35 heavy (non-hydrogen) atoms. The first kappa shape index (κ1) is 24.8. The van der Waals surface area contributed by atoms with E-state index in [0.717, 1.165) is 47.0 Å². The van der Waals surface area contributed by atoms with E-state index in [9.17, 15) is 27.9 Å². The van der Waals surface area contributed by atoms with Gasteiger partial charge in [-0.15, -0.1) is 0 Å². The number of rotatable bonds is 7. The van der Waals surface area contributed by atoms with E-state index in [-0.39, 0.29) is 17.7 Å². The topological polar surface area (TPSA) is 71.3 Å². The number of fused-ring (bicyclic) bond motifs is 1. The maximum absolute atomic E-state index is 13.2. The lowest BCUT2D eigenvalue weighted by Gasteiger charge is -2.26. The Labute approximate surface area is 201 Å². The van der Waals surface area contributed by atoms with E-state index in [1.165, 1.54) is 12.1 Å². The van der Waals surface area contributed by atoms with Gasteiger partial charge in [-0.1, -0.05) is 24.3 Å². The molecule has 1 aliphatic rings. The molecule has 2 aromatic carbocycles. The summed E-state index contributed by atoms with van der Waals surface area (Å²) in [5, 5.41) is 13.0. The van der Waals surface area contributed by atoms with E-state index in [1.54, 1.807) is 0 Å². The Morgan fingerprint density at radius 3 is 2.34 bits per heavy atom. The molecule has 186 valence electrons. The second kappa shape index (κ2) is 10.1. The summed E-state index contributed by atoms with van der Waals surface area (Å²) < 4.78 is 40.8. The predicted molar refractivity (Wildman–Crippen MR) is 127 cm³/mol. The van der Waals surface area contributed by atoms with Crippen LogP contribution in [0.1, 0.15) is 59.7 Å². The number of aryl methyl sites for hydroxylation is 1. The quantitative estimate of drug-likeness (QED) is 0.437. The Hall–Kier alpha value is -3.29. The van der Waals surface area contributed by atoms with Gasteiger partial charge in [-0.25, -0.2) is 0 Å². The number of benzene rings is 2. The van der Waals surface area contributed by atoms with E-state index in [4.69, 9.17) is 0 Å². The third kappa shape index (κ3) is 5.52. The zero-order valence-electron chi connectivity index (χ0n) is 19.6. The van der Waals surface area contributed by atoms with Gasteiger partial charge in [-0.2, -0.15) is 13.2 Å². The van der Waals surface area contributed by atoms with E-state index in [1.807, 2.05) is 35.9 Å². The highest BCUT2D eigenvalue weighted by molar-refractivity contribution is 6.08. The maximum atomic E-state index is 13.2. The SMILES string of the molecule is CCn1cc(C(=O)NC[C@H]2CC[C@H](C(=O)O)CC2)c2c(Cc3ccc(C(F)(F)F)cc3)cccc21. The fraction of sp³-hybridized carbons (Fsp3) is 0.407. The monoisotopic (exact) mass is 486 g/mol. The van der Waals surface area contributed by atoms with Crippen molar-refractivity contribution in [1.29, 1.82) is 0 Å². The molecule has 5 nitrogen and oxygen atoms in total. The summed E-state index contributed by atoms with van der Waals surface area (Å²) >= 11 is 0. The van der Waals surface area contributed by atoms with Gasteiger partial charge >= 0.3 is 12.1 Å². The van der Waals surface area contributed by atoms with Crippen LogP contribution in [0, 0.1) is 11.8 Å². The predicted octanol–water partition coefficient (Wildman–Crippen LogP) is 5.89. The first-order chi connectivity index (χ1) is 16.7. The van der Waals surface area contributed by atoms with Crippen molar-refractivity contribution in [2.45, 2.75) is 51.7 Å². The number of carboxylic acids is 1. The van der Waals surface area contributed by atoms with Crippen LogP contribution in [-0.2, 0) is 23.9 Å². The molecular weight excluding hydrogens is 457 g/mol. The molecule has 0 radical (unpaired) electrons. The minimum atomic E-state index is -4.38. The Bertz CT molecular complexity index is 1210. The third-order valence-electron chi connectivity index (χ3n) is 7.00. The lowest BCUT2D eigenvalue weighted by atomic mass is 9.82. The van der Waals surface area contributed by atoms with Crippen molar-refractivity contribution in [2.75, 3.05) is 6.54 Å².